The van der Waals surface area contributed by atoms with Crippen molar-refractivity contribution in [3.8, 4) is 6.07 Å². The smallest absolute Gasteiger partial charge is 0.248 e. The summed E-state index contributed by atoms with van der Waals surface area (Å²) in [5, 5.41) is 11.3. The van der Waals surface area contributed by atoms with Crippen LogP contribution in [0, 0.1) is 11.3 Å². The minimum atomic E-state index is -0.756. The van der Waals surface area contributed by atoms with Crippen LogP contribution < -0.4 is 5.32 Å². The second-order valence-electron chi connectivity index (χ2n) is 3.46. The van der Waals surface area contributed by atoms with Crippen LogP contribution in [-0.2, 0) is 4.79 Å². The fourth-order valence-corrected chi connectivity index (χ4v) is 0.887. The Morgan fingerprint density at radius 1 is 1.75 bits per heavy atom. The molecule has 0 aromatic rings. The monoisotopic (exact) mass is 164 g/mol. The number of amides is 1. The highest BCUT2D eigenvalue weighted by Gasteiger charge is 2.23. The van der Waals surface area contributed by atoms with E-state index in [1.54, 1.807) is 13.8 Å². The van der Waals surface area contributed by atoms with E-state index in [-0.39, 0.29) is 5.91 Å². The van der Waals surface area contributed by atoms with E-state index in [1.165, 1.54) is 0 Å². The Morgan fingerprint density at radius 3 is 2.67 bits per heavy atom. The highest BCUT2D eigenvalue weighted by Crippen LogP contribution is 2.18. The highest BCUT2D eigenvalue weighted by atomic mass is 16.1. The molecule has 0 fully saturated rings. The lowest BCUT2D eigenvalue weighted by molar-refractivity contribution is -0.118. The first-order valence-corrected chi connectivity index (χ1v) is 3.98. The summed E-state index contributed by atoms with van der Waals surface area (Å²) in [7, 11) is 0. The van der Waals surface area contributed by atoms with Gasteiger partial charge in [0.2, 0.25) is 5.91 Å². The molecule has 0 aromatic carbocycles. The van der Waals surface area contributed by atoms with Crippen LogP contribution >= 0.6 is 0 Å². The molecular weight excluding hydrogens is 152 g/mol. The van der Waals surface area contributed by atoms with Gasteiger partial charge in [-0.05, 0) is 26.7 Å². The lowest BCUT2D eigenvalue weighted by Crippen LogP contribution is -2.43. The summed E-state index contributed by atoms with van der Waals surface area (Å²) >= 11 is 0. The highest BCUT2D eigenvalue weighted by molar-refractivity contribution is 5.95. The fraction of sp³-hybridized carbons (Fsp3) is 0.556. The maximum Gasteiger partial charge on any atom is 0.248 e. The predicted molar refractivity (Wildman–Crippen MR) is 45.2 cm³/mol. The molecule has 12 heavy (non-hydrogen) atoms. The van der Waals surface area contributed by atoms with Gasteiger partial charge in [0.1, 0.15) is 5.54 Å². The van der Waals surface area contributed by atoms with Gasteiger partial charge in [-0.1, -0.05) is 6.08 Å². The van der Waals surface area contributed by atoms with Crippen molar-refractivity contribution >= 4 is 5.91 Å². The maximum atomic E-state index is 11.3. The molecule has 0 heterocycles. The van der Waals surface area contributed by atoms with Crippen molar-refractivity contribution < 1.29 is 4.79 Å². The molecule has 0 spiro atoms. The molecule has 1 rings (SSSR count). The lowest BCUT2D eigenvalue weighted by atomic mass is 9.97. The number of hydrogen-bond acceptors (Lipinski definition) is 2. The molecule has 0 unspecified atom stereocenters. The molecule has 1 aliphatic rings. The van der Waals surface area contributed by atoms with E-state index in [4.69, 9.17) is 5.26 Å². The lowest BCUT2D eigenvalue weighted by Gasteiger charge is -2.21. The zero-order valence-corrected chi connectivity index (χ0v) is 7.35. The van der Waals surface area contributed by atoms with E-state index >= 15 is 0 Å². The Kier molecular flexibility index (Phi) is 2.18. The zero-order valence-electron chi connectivity index (χ0n) is 7.35. The van der Waals surface area contributed by atoms with Crippen LogP contribution in [0.4, 0.5) is 0 Å². The molecule has 0 atom stereocenters. The number of rotatable bonds is 2. The second kappa shape index (κ2) is 2.98. The first-order valence-electron chi connectivity index (χ1n) is 3.98. The van der Waals surface area contributed by atoms with Gasteiger partial charge < -0.3 is 5.32 Å². The standard InChI is InChI=1S/C9H12N2O/c1-9(2,6-10)11-8(12)7-4-3-5-7/h4H,3,5H2,1-2H3,(H,11,12). The molecule has 3 nitrogen and oxygen atoms in total. The van der Waals surface area contributed by atoms with E-state index in [9.17, 15) is 4.79 Å². The summed E-state index contributed by atoms with van der Waals surface area (Å²) in [6.07, 6.45) is 3.71. The Labute approximate surface area is 72.1 Å². The Morgan fingerprint density at radius 2 is 2.33 bits per heavy atom. The van der Waals surface area contributed by atoms with Gasteiger partial charge in [0.05, 0.1) is 6.07 Å². The fourth-order valence-electron chi connectivity index (χ4n) is 0.887. The molecule has 0 saturated heterocycles. The third-order valence-corrected chi connectivity index (χ3v) is 1.80. The molecule has 0 bridgehead atoms. The molecule has 3 heteroatoms. The molecule has 0 aliphatic heterocycles. The Bertz CT molecular complexity index is 271. The molecule has 0 radical (unpaired) electrons. The van der Waals surface area contributed by atoms with Crippen LogP contribution in [0.1, 0.15) is 26.7 Å². The minimum absolute atomic E-state index is 0.104. The molecule has 1 N–H and O–H groups in total. The van der Waals surface area contributed by atoms with Crippen LogP contribution in [0.2, 0.25) is 0 Å². The SMILES string of the molecule is CC(C)(C#N)NC(=O)C1=CCC1. The summed E-state index contributed by atoms with van der Waals surface area (Å²) in [5.41, 5.74) is 0.0476. The summed E-state index contributed by atoms with van der Waals surface area (Å²) in [5.74, 6) is -0.104. The minimum Gasteiger partial charge on any atom is -0.334 e. The van der Waals surface area contributed by atoms with Crippen molar-refractivity contribution in [2.24, 2.45) is 0 Å². The Hall–Kier alpha value is -1.30. The molecule has 1 aliphatic carbocycles. The van der Waals surface area contributed by atoms with E-state index in [0.29, 0.717) is 0 Å². The van der Waals surface area contributed by atoms with Crippen molar-refractivity contribution in [3.63, 3.8) is 0 Å². The number of carbonyl (C=O) groups is 1. The van der Waals surface area contributed by atoms with E-state index < -0.39 is 5.54 Å². The van der Waals surface area contributed by atoms with Gasteiger partial charge in [-0.15, -0.1) is 0 Å². The predicted octanol–water partition coefficient (Wildman–Crippen LogP) is 1.12. The van der Waals surface area contributed by atoms with E-state index in [2.05, 4.69) is 5.32 Å². The van der Waals surface area contributed by atoms with Gasteiger partial charge in [0.25, 0.3) is 0 Å². The summed E-state index contributed by atoms with van der Waals surface area (Å²) in [6.45, 7) is 3.37. The summed E-state index contributed by atoms with van der Waals surface area (Å²) in [6, 6.07) is 2.02. The largest absolute Gasteiger partial charge is 0.334 e. The van der Waals surface area contributed by atoms with Crippen molar-refractivity contribution in [1.29, 1.82) is 5.26 Å². The van der Waals surface area contributed by atoms with Gasteiger partial charge >= 0.3 is 0 Å². The summed E-state index contributed by atoms with van der Waals surface area (Å²) in [4.78, 5) is 11.3. The molecule has 64 valence electrons. The number of allylic oxidation sites excluding steroid dienone is 1. The molecule has 0 saturated carbocycles. The maximum absolute atomic E-state index is 11.3. The van der Waals surface area contributed by atoms with Gasteiger partial charge in [-0.25, -0.2) is 0 Å². The van der Waals surface area contributed by atoms with Crippen LogP contribution in [0.15, 0.2) is 11.6 Å². The number of nitrogens with one attached hydrogen (secondary N) is 1. The van der Waals surface area contributed by atoms with Crippen LogP contribution in [0.25, 0.3) is 0 Å². The van der Waals surface area contributed by atoms with Gasteiger partial charge in [0, 0.05) is 5.57 Å². The number of hydrogen-bond donors (Lipinski definition) is 1. The quantitative estimate of drug-likeness (QED) is 0.665. The van der Waals surface area contributed by atoms with Crippen LogP contribution in [0.3, 0.4) is 0 Å². The van der Waals surface area contributed by atoms with Crippen molar-refractivity contribution in [1.82, 2.24) is 5.32 Å². The molecule has 0 aromatic heterocycles. The van der Waals surface area contributed by atoms with Crippen molar-refractivity contribution in [2.45, 2.75) is 32.2 Å². The van der Waals surface area contributed by atoms with Gasteiger partial charge in [0.15, 0.2) is 0 Å². The number of carbonyl (C=O) groups excluding carboxylic acids is 1. The van der Waals surface area contributed by atoms with Crippen LogP contribution in [0.5, 0.6) is 0 Å². The van der Waals surface area contributed by atoms with Crippen molar-refractivity contribution in [2.75, 3.05) is 0 Å². The first-order chi connectivity index (χ1) is 5.55. The average Bonchev–Trinajstić information content (AvgIpc) is 1.82. The number of nitriles is 1. The van der Waals surface area contributed by atoms with Crippen LogP contribution in [-0.4, -0.2) is 11.4 Å². The van der Waals surface area contributed by atoms with Gasteiger partial charge in [-0.3, -0.25) is 4.79 Å². The molecular formula is C9H12N2O. The third-order valence-electron chi connectivity index (χ3n) is 1.80. The third kappa shape index (κ3) is 1.85. The van der Waals surface area contributed by atoms with Gasteiger partial charge in [-0.2, -0.15) is 5.26 Å². The Balaban J connectivity index is 2.52. The average molecular weight is 164 g/mol. The summed E-state index contributed by atoms with van der Waals surface area (Å²) < 4.78 is 0. The van der Waals surface area contributed by atoms with E-state index in [1.807, 2.05) is 12.1 Å². The topological polar surface area (TPSA) is 52.9 Å². The zero-order chi connectivity index (χ0) is 9.19. The number of nitrogens with zero attached hydrogens (tertiary/aromatic N) is 1. The second-order valence-corrected chi connectivity index (χ2v) is 3.46. The molecule has 1 amide bonds. The normalized spacial score (nSPS) is 15.6. The van der Waals surface area contributed by atoms with Crippen molar-refractivity contribution in [3.05, 3.63) is 11.6 Å². The first kappa shape index (κ1) is 8.79. The van der Waals surface area contributed by atoms with E-state index in [0.717, 1.165) is 18.4 Å².